The highest BCUT2D eigenvalue weighted by atomic mass is 79.9. The molecule has 0 aliphatic heterocycles. The quantitative estimate of drug-likeness (QED) is 0.568. The van der Waals surface area contributed by atoms with Crippen LogP contribution in [0.4, 0.5) is 0 Å². The third-order valence-corrected chi connectivity index (χ3v) is 3.85. The van der Waals surface area contributed by atoms with E-state index < -0.39 is 0 Å². The monoisotopic (exact) mass is 395 g/mol. The Hall–Kier alpha value is -1.33. The Morgan fingerprint density at radius 2 is 1.40 bits per heavy atom. The number of rotatable bonds is 5. The van der Waals surface area contributed by atoms with Gasteiger partial charge in [-0.1, -0.05) is 56.1 Å². The van der Waals surface area contributed by atoms with Gasteiger partial charge < -0.3 is 0 Å². The minimum Gasteiger partial charge on any atom is -0.293 e. The molecule has 1 aromatic heterocycles. The van der Waals surface area contributed by atoms with Crippen LogP contribution in [0.2, 0.25) is 0 Å². The highest BCUT2D eigenvalue weighted by Crippen LogP contribution is 2.18. The average molecular weight is 397 g/mol. The Bertz CT molecular complexity index is 564. The van der Waals surface area contributed by atoms with Crippen molar-refractivity contribution in [3.63, 3.8) is 0 Å². The maximum atomic E-state index is 11.5. The first-order chi connectivity index (χ1) is 9.65. The molecule has 0 aliphatic rings. The fraction of sp³-hybridized carbons (Fsp3) is 0.133. The normalized spacial score (nSPS) is 10.3. The number of halogens is 2. The molecule has 5 heteroatoms. The molecule has 102 valence electrons. The van der Waals surface area contributed by atoms with E-state index in [-0.39, 0.29) is 16.9 Å². The van der Waals surface area contributed by atoms with Crippen LogP contribution < -0.4 is 0 Å². The molecule has 0 amide bonds. The van der Waals surface area contributed by atoms with Crippen molar-refractivity contribution in [1.29, 1.82) is 0 Å². The molecule has 0 atom stereocenters. The fourth-order valence-electron chi connectivity index (χ4n) is 1.71. The Morgan fingerprint density at radius 3 is 1.90 bits per heavy atom. The second kappa shape index (κ2) is 6.90. The summed E-state index contributed by atoms with van der Waals surface area (Å²) in [6, 6.07) is 10.8. The third kappa shape index (κ3) is 3.41. The summed E-state index contributed by atoms with van der Waals surface area (Å²) in [5.41, 5.74) is 2.93. The number of carbonyl (C=O) groups excluding carboxylic acids is 2. The summed E-state index contributed by atoms with van der Waals surface area (Å²) < 4.78 is 0. The number of benzene rings is 1. The summed E-state index contributed by atoms with van der Waals surface area (Å²) in [7, 11) is 0. The van der Waals surface area contributed by atoms with Crippen molar-refractivity contribution in [1.82, 2.24) is 4.98 Å². The Morgan fingerprint density at radius 1 is 0.850 bits per heavy atom. The fourth-order valence-corrected chi connectivity index (χ4v) is 2.36. The molecule has 0 aliphatic carbocycles. The standard InChI is InChI=1S/C15H11Br2NO2/c16-7-14(19)11-3-1-10(2-4-11)13-6-5-12(9-18-13)15(20)8-17/h1-6,9H,7-8H2. The van der Waals surface area contributed by atoms with E-state index in [0.717, 1.165) is 11.3 Å². The highest BCUT2D eigenvalue weighted by molar-refractivity contribution is 9.09. The van der Waals surface area contributed by atoms with Gasteiger partial charge in [0, 0.05) is 22.9 Å². The minimum absolute atomic E-state index is 0.00214. The molecule has 0 radical (unpaired) electrons. The molecule has 0 saturated carbocycles. The minimum atomic E-state index is 0.00214. The van der Waals surface area contributed by atoms with Crippen LogP contribution in [0.1, 0.15) is 20.7 Å². The van der Waals surface area contributed by atoms with E-state index in [1.807, 2.05) is 12.1 Å². The molecule has 0 fully saturated rings. The van der Waals surface area contributed by atoms with Crippen molar-refractivity contribution < 1.29 is 9.59 Å². The first-order valence-electron chi connectivity index (χ1n) is 5.90. The van der Waals surface area contributed by atoms with Crippen LogP contribution >= 0.6 is 31.9 Å². The lowest BCUT2D eigenvalue weighted by Crippen LogP contribution is -2.01. The van der Waals surface area contributed by atoms with Crippen molar-refractivity contribution in [2.45, 2.75) is 0 Å². The lowest BCUT2D eigenvalue weighted by molar-refractivity contribution is 0.101. The van der Waals surface area contributed by atoms with E-state index >= 15 is 0 Å². The number of aromatic nitrogens is 1. The molecule has 0 bridgehead atoms. The van der Waals surface area contributed by atoms with Crippen LogP contribution in [-0.4, -0.2) is 27.2 Å². The van der Waals surface area contributed by atoms with Gasteiger partial charge in [-0.15, -0.1) is 0 Å². The Kier molecular flexibility index (Phi) is 5.20. The maximum Gasteiger partial charge on any atom is 0.174 e. The lowest BCUT2D eigenvalue weighted by Gasteiger charge is -2.03. The van der Waals surface area contributed by atoms with Crippen LogP contribution in [0.25, 0.3) is 11.3 Å². The number of hydrogen-bond donors (Lipinski definition) is 0. The molecule has 0 unspecified atom stereocenters. The average Bonchev–Trinajstić information content (AvgIpc) is 2.53. The molecule has 0 saturated heterocycles. The third-order valence-electron chi connectivity index (χ3n) is 2.83. The number of pyridine rings is 1. The van der Waals surface area contributed by atoms with Gasteiger partial charge in [0.05, 0.1) is 16.4 Å². The summed E-state index contributed by atoms with van der Waals surface area (Å²) in [6.45, 7) is 0. The molecule has 0 N–H and O–H groups in total. The number of alkyl halides is 2. The van der Waals surface area contributed by atoms with Crippen LogP contribution in [0.5, 0.6) is 0 Å². The van der Waals surface area contributed by atoms with Crippen molar-refractivity contribution in [2.24, 2.45) is 0 Å². The summed E-state index contributed by atoms with van der Waals surface area (Å²) in [5, 5.41) is 0.603. The van der Waals surface area contributed by atoms with Gasteiger partial charge in [0.25, 0.3) is 0 Å². The van der Waals surface area contributed by atoms with E-state index in [9.17, 15) is 9.59 Å². The predicted octanol–water partition coefficient (Wildman–Crippen LogP) is 3.90. The molecule has 0 spiro atoms. The molecular formula is C15H11Br2NO2. The zero-order valence-corrected chi connectivity index (χ0v) is 13.6. The van der Waals surface area contributed by atoms with Crippen molar-refractivity contribution >= 4 is 43.4 Å². The van der Waals surface area contributed by atoms with Gasteiger partial charge in [-0.3, -0.25) is 14.6 Å². The van der Waals surface area contributed by atoms with Crippen LogP contribution in [0, 0.1) is 0 Å². The molecule has 2 rings (SSSR count). The largest absolute Gasteiger partial charge is 0.293 e. The number of ketones is 2. The van der Waals surface area contributed by atoms with E-state index in [2.05, 4.69) is 36.8 Å². The number of hydrogen-bond acceptors (Lipinski definition) is 3. The van der Waals surface area contributed by atoms with Crippen molar-refractivity contribution in [3.8, 4) is 11.3 Å². The number of Topliss-reactive ketones (excluding diaryl/α,β-unsaturated/α-hetero) is 2. The smallest absolute Gasteiger partial charge is 0.174 e. The first-order valence-corrected chi connectivity index (χ1v) is 8.15. The van der Waals surface area contributed by atoms with Crippen molar-refractivity contribution in [3.05, 3.63) is 53.7 Å². The van der Waals surface area contributed by atoms with Gasteiger partial charge >= 0.3 is 0 Å². The van der Waals surface area contributed by atoms with E-state index in [0.29, 0.717) is 16.5 Å². The molecule has 3 nitrogen and oxygen atoms in total. The SMILES string of the molecule is O=C(CBr)c1ccc(-c2ccc(C(=O)CBr)cn2)cc1. The summed E-state index contributed by atoms with van der Waals surface area (Å²) >= 11 is 6.28. The Labute approximate surface area is 133 Å². The van der Waals surface area contributed by atoms with Gasteiger partial charge in [0.1, 0.15) is 0 Å². The van der Waals surface area contributed by atoms with Gasteiger partial charge in [0.2, 0.25) is 0 Å². The Balaban J connectivity index is 2.23. The predicted molar refractivity (Wildman–Crippen MR) is 85.9 cm³/mol. The zero-order chi connectivity index (χ0) is 14.5. The summed E-state index contributed by atoms with van der Waals surface area (Å²) in [6.07, 6.45) is 1.57. The second-order valence-electron chi connectivity index (χ2n) is 4.12. The highest BCUT2D eigenvalue weighted by Gasteiger charge is 2.07. The summed E-state index contributed by atoms with van der Waals surface area (Å²) in [4.78, 5) is 27.3. The molecule has 1 aromatic carbocycles. The van der Waals surface area contributed by atoms with E-state index in [1.54, 1.807) is 30.5 Å². The molecular weight excluding hydrogens is 386 g/mol. The van der Waals surface area contributed by atoms with Crippen LogP contribution in [-0.2, 0) is 0 Å². The van der Waals surface area contributed by atoms with E-state index in [4.69, 9.17) is 0 Å². The summed E-state index contributed by atoms with van der Waals surface area (Å²) in [5.74, 6) is 0.0464. The number of nitrogens with zero attached hydrogens (tertiary/aromatic N) is 1. The zero-order valence-electron chi connectivity index (χ0n) is 10.5. The first kappa shape index (κ1) is 15.1. The van der Waals surface area contributed by atoms with Gasteiger partial charge in [-0.05, 0) is 12.1 Å². The number of carbonyl (C=O) groups is 2. The van der Waals surface area contributed by atoms with Crippen LogP contribution in [0.3, 0.4) is 0 Å². The lowest BCUT2D eigenvalue weighted by atomic mass is 10.1. The van der Waals surface area contributed by atoms with Gasteiger partial charge in [-0.2, -0.15) is 0 Å². The molecule has 1 heterocycles. The van der Waals surface area contributed by atoms with Crippen LogP contribution in [0.15, 0.2) is 42.6 Å². The van der Waals surface area contributed by atoms with Crippen molar-refractivity contribution in [2.75, 3.05) is 10.7 Å². The second-order valence-corrected chi connectivity index (χ2v) is 5.24. The molecule has 2 aromatic rings. The van der Waals surface area contributed by atoms with Gasteiger partial charge in [0.15, 0.2) is 11.6 Å². The topological polar surface area (TPSA) is 47.0 Å². The molecule has 20 heavy (non-hydrogen) atoms. The maximum absolute atomic E-state index is 11.5. The van der Waals surface area contributed by atoms with E-state index in [1.165, 1.54) is 0 Å². The van der Waals surface area contributed by atoms with Gasteiger partial charge in [-0.25, -0.2) is 0 Å².